The Bertz CT molecular complexity index is 1700. The van der Waals surface area contributed by atoms with Gasteiger partial charge in [0.2, 0.25) is 0 Å². The van der Waals surface area contributed by atoms with Gasteiger partial charge in [0.15, 0.2) is 17.3 Å². The molecule has 0 saturated carbocycles. The molecule has 4 aromatic heterocycles. The van der Waals surface area contributed by atoms with Crippen LogP contribution >= 0.6 is 11.6 Å². The highest BCUT2D eigenvalue weighted by Crippen LogP contribution is 2.32. The number of benzene rings is 1. The average molecular weight is 530 g/mol. The summed E-state index contributed by atoms with van der Waals surface area (Å²) >= 11 is 6.32. The Labute approximate surface area is 222 Å². The number of aromatic nitrogens is 7. The van der Waals surface area contributed by atoms with Gasteiger partial charge in [-0.3, -0.25) is 9.36 Å². The van der Waals surface area contributed by atoms with Gasteiger partial charge in [0.1, 0.15) is 17.8 Å². The number of hydrogen-bond donors (Lipinski definition) is 1. The van der Waals surface area contributed by atoms with E-state index in [-0.39, 0.29) is 5.91 Å². The van der Waals surface area contributed by atoms with E-state index >= 15 is 0 Å². The highest BCUT2D eigenvalue weighted by molar-refractivity contribution is 6.32. The number of methoxy groups -OCH3 is 1. The molecule has 1 aliphatic heterocycles. The van der Waals surface area contributed by atoms with Gasteiger partial charge in [0.05, 0.1) is 23.7 Å². The maximum Gasteiger partial charge on any atom is 0.274 e. The summed E-state index contributed by atoms with van der Waals surface area (Å²) in [6.07, 6.45) is 10.7. The zero-order valence-electron chi connectivity index (χ0n) is 20.8. The predicted octanol–water partition coefficient (Wildman–Crippen LogP) is 3.87. The van der Waals surface area contributed by atoms with Crippen molar-refractivity contribution >= 4 is 45.1 Å². The molecule has 1 N–H and O–H groups in total. The normalized spacial score (nSPS) is 13.1. The summed E-state index contributed by atoms with van der Waals surface area (Å²) in [4.78, 5) is 23.6. The highest BCUT2D eigenvalue weighted by Gasteiger charge is 2.21. The summed E-state index contributed by atoms with van der Waals surface area (Å²) in [7, 11) is 1.58. The number of carbonyl (C=O) groups is 1. The minimum absolute atomic E-state index is 0.132. The van der Waals surface area contributed by atoms with Crippen LogP contribution in [0.4, 0.5) is 5.82 Å². The molecule has 0 radical (unpaired) electrons. The Morgan fingerprint density at radius 3 is 2.74 bits per heavy atom. The van der Waals surface area contributed by atoms with Gasteiger partial charge in [-0.2, -0.15) is 5.10 Å². The monoisotopic (exact) mass is 529 g/mol. The molecule has 0 aliphatic carbocycles. The number of fused-ring (bicyclic) bond motifs is 3. The number of amides is 1. The molecular weight excluding hydrogens is 506 g/mol. The van der Waals surface area contributed by atoms with Crippen molar-refractivity contribution in [3.05, 3.63) is 71.5 Å². The topological polar surface area (TPSA) is 116 Å². The molecule has 0 unspecified atom stereocenters. The van der Waals surface area contributed by atoms with Crippen molar-refractivity contribution in [2.45, 2.75) is 20.0 Å². The summed E-state index contributed by atoms with van der Waals surface area (Å²) in [6.45, 7) is 4.32. The van der Waals surface area contributed by atoms with E-state index in [2.05, 4.69) is 30.6 Å². The number of nitrogens with zero attached hydrogens (tertiary/aromatic N) is 8. The second kappa shape index (κ2) is 9.75. The molecule has 192 valence electrons. The Morgan fingerprint density at radius 1 is 1.13 bits per heavy atom. The van der Waals surface area contributed by atoms with Gasteiger partial charge in [-0.25, -0.2) is 14.6 Å². The van der Waals surface area contributed by atoms with Crippen LogP contribution in [0.15, 0.2) is 55.3 Å². The second-order valence-corrected chi connectivity index (χ2v) is 9.19. The van der Waals surface area contributed by atoms with E-state index in [0.29, 0.717) is 54.3 Å². The first-order valence-corrected chi connectivity index (χ1v) is 12.5. The molecule has 5 heterocycles. The van der Waals surface area contributed by atoms with Crippen LogP contribution in [0.2, 0.25) is 5.02 Å². The van der Waals surface area contributed by atoms with E-state index < -0.39 is 0 Å². The van der Waals surface area contributed by atoms with Crippen LogP contribution in [-0.2, 0) is 13.1 Å². The lowest BCUT2D eigenvalue weighted by Gasteiger charge is -2.13. The smallest absolute Gasteiger partial charge is 0.274 e. The van der Waals surface area contributed by atoms with Crippen LogP contribution in [0.3, 0.4) is 0 Å². The summed E-state index contributed by atoms with van der Waals surface area (Å²) in [5.41, 5.74) is 2.05. The summed E-state index contributed by atoms with van der Waals surface area (Å²) in [6, 6.07) is 5.62. The molecule has 38 heavy (non-hydrogen) atoms. The average Bonchev–Trinajstić information content (AvgIpc) is 3.72. The molecule has 0 atom stereocenters. The quantitative estimate of drug-likeness (QED) is 0.316. The van der Waals surface area contributed by atoms with Crippen LogP contribution in [0.5, 0.6) is 5.75 Å². The SMILES string of the molecule is CCn1ncc2c3c(NCc4ccc(OC)c(Cl)c4)nnc(-n4cnc(C(=O)N5CC=CC5)c4)c3cnc21. The second-order valence-electron chi connectivity index (χ2n) is 8.79. The summed E-state index contributed by atoms with van der Waals surface area (Å²) in [5, 5.41) is 19.9. The van der Waals surface area contributed by atoms with Crippen molar-refractivity contribution in [2.75, 3.05) is 25.5 Å². The third-order valence-corrected chi connectivity index (χ3v) is 6.81. The van der Waals surface area contributed by atoms with Crippen molar-refractivity contribution < 1.29 is 9.53 Å². The van der Waals surface area contributed by atoms with Gasteiger partial charge >= 0.3 is 0 Å². The lowest BCUT2D eigenvalue weighted by molar-refractivity contribution is 0.0795. The molecule has 0 bridgehead atoms. The summed E-state index contributed by atoms with van der Waals surface area (Å²) in [5.74, 6) is 1.58. The molecule has 6 rings (SSSR count). The number of rotatable bonds is 7. The van der Waals surface area contributed by atoms with Crippen molar-refractivity contribution in [3.63, 3.8) is 0 Å². The van der Waals surface area contributed by atoms with Gasteiger partial charge in [-0.15, -0.1) is 10.2 Å². The van der Waals surface area contributed by atoms with Crippen LogP contribution in [0, 0.1) is 0 Å². The fourth-order valence-electron chi connectivity index (χ4n) is 4.56. The predicted molar refractivity (Wildman–Crippen MR) is 144 cm³/mol. The molecule has 12 heteroatoms. The third kappa shape index (κ3) is 4.10. The molecule has 0 spiro atoms. The van der Waals surface area contributed by atoms with E-state index in [9.17, 15) is 4.79 Å². The third-order valence-electron chi connectivity index (χ3n) is 6.52. The molecule has 1 aliphatic rings. The Balaban J connectivity index is 1.41. The van der Waals surface area contributed by atoms with E-state index in [4.69, 9.17) is 16.3 Å². The molecule has 1 aromatic carbocycles. The van der Waals surface area contributed by atoms with E-state index in [0.717, 1.165) is 27.4 Å². The van der Waals surface area contributed by atoms with Crippen molar-refractivity contribution in [1.29, 1.82) is 0 Å². The van der Waals surface area contributed by atoms with E-state index in [1.165, 1.54) is 0 Å². The van der Waals surface area contributed by atoms with Gasteiger partial charge in [0, 0.05) is 49.3 Å². The number of ether oxygens (including phenoxy) is 1. The Morgan fingerprint density at radius 2 is 1.97 bits per heavy atom. The standard InChI is InChI=1S/C26H24ClN9O2/c1-3-36-24-18(13-31-36)22-17(12-29-24)25(35-14-20(30-15-35)26(37)34-8-4-5-9-34)33-32-23(22)28-11-16-6-7-21(38-2)19(27)10-16/h4-7,10,12-15H,3,8-9,11H2,1-2H3,(H,28,32). The van der Waals surface area contributed by atoms with Crippen LogP contribution in [-0.4, -0.2) is 65.5 Å². The van der Waals surface area contributed by atoms with Crippen molar-refractivity contribution in [2.24, 2.45) is 0 Å². The van der Waals surface area contributed by atoms with Gasteiger partial charge in [-0.1, -0.05) is 29.8 Å². The maximum absolute atomic E-state index is 12.8. The highest BCUT2D eigenvalue weighted by atomic mass is 35.5. The van der Waals surface area contributed by atoms with Crippen LogP contribution in [0.1, 0.15) is 23.0 Å². The molecule has 11 nitrogen and oxygen atoms in total. The van der Waals surface area contributed by atoms with E-state index in [1.54, 1.807) is 41.5 Å². The number of anilines is 1. The number of aryl methyl sites for hydroxylation is 1. The van der Waals surface area contributed by atoms with E-state index in [1.807, 2.05) is 42.0 Å². The number of pyridine rings is 1. The fourth-order valence-corrected chi connectivity index (χ4v) is 4.84. The van der Waals surface area contributed by atoms with Crippen LogP contribution in [0.25, 0.3) is 27.6 Å². The number of imidazole rings is 1. The molecule has 0 saturated heterocycles. The maximum atomic E-state index is 12.8. The van der Waals surface area contributed by atoms with Crippen LogP contribution < -0.4 is 10.1 Å². The number of halogens is 1. The van der Waals surface area contributed by atoms with Crippen molar-refractivity contribution in [3.8, 4) is 11.6 Å². The lowest BCUT2D eigenvalue weighted by atomic mass is 10.1. The van der Waals surface area contributed by atoms with Crippen molar-refractivity contribution in [1.82, 2.24) is 39.4 Å². The number of nitrogens with one attached hydrogen (secondary N) is 1. The zero-order chi connectivity index (χ0) is 26.2. The first-order valence-electron chi connectivity index (χ1n) is 12.1. The Kier molecular flexibility index (Phi) is 6.12. The summed E-state index contributed by atoms with van der Waals surface area (Å²) < 4.78 is 8.80. The van der Waals surface area contributed by atoms with Gasteiger partial charge < -0.3 is 15.0 Å². The largest absolute Gasteiger partial charge is 0.495 e. The lowest BCUT2D eigenvalue weighted by Crippen LogP contribution is -2.28. The minimum atomic E-state index is -0.132. The molecular formula is C26H24ClN9O2. The van der Waals surface area contributed by atoms with Gasteiger partial charge in [0.25, 0.3) is 5.91 Å². The first kappa shape index (κ1) is 23.9. The number of hydrogen-bond acceptors (Lipinski definition) is 8. The molecule has 0 fully saturated rings. The zero-order valence-corrected chi connectivity index (χ0v) is 21.6. The fraction of sp³-hybridized carbons (Fsp3) is 0.231. The first-order chi connectivity index (χ1) is 18.6. The minimum Gasteiger partial charge on any atom is -0.495 e. The molecule has 5 aromatic rings. The Hall–Kier alpha value is -4.51. The molecule has 1 amide bonds. The van der Waals surface area contributed by atoms with Gasteiger partial charge in [-0.05, 0) is 24.6 Å². The number of carbonyl (C=O) groups excluding carboxylic acids is 1.